The van der Waals surface area contributed by atoms with E-state index in [1.54, 1.807) is 0 Å². The van der Waals surface area contributed by atoms with Crippen molar-refractivity contribution in [3.8, 4) is 16.9 Å². The summed E-state index contributed by atoms with van der Waals surface area (Å²) in [4.78, 5) is 13.3. The zero-order valence-electron chi connectivity index (χ0n) is 19.8. The maximum atomic E-state index is 13.3. The van der Waals surface area contributed by atoms with Crippen molar-refractivity contribution in [3.63, 3.8) is 0 Å². The minimum absolute atomic E-state index is 0.351. The standard InChI is InChI=1S/C27H20NO2.CHF3O3S/c1-28-24-13-7-5-11-22(24)26(23-12-6-8-14-25(23)28)27(29)30-21-17-15-20(16-18-21)19-9-3-2-4-10-19;2-1(3,4)8(5,6)7/h2-18H,1H3;(H,5,6,7)/q+1;/p-1. The molecule has 194 valence electrons. The molecule has 1 heterocycles. The van der Waals surface area contributed by atoms with Gasteiger partial charge in [0.25, 0.3) is 0 Å². The van der Waals surface area contributed by atoms with Crippen LogP contribution in [0.1, 0.15) is 10.4 Å². The number of rotatable bonds is 3. The van der Waals surface area contributed by atoms with E-state index in [1.165, 1.54) is 0 Å². The summed E-state index contributed by atoms with van der Waals surface area (Å²) in [5, 5.41) is 1.76. The number of ether oxygens (including phenoxy) is 1. The lowest BCUT2D eigenvalue weighted by Crippen LogP contribution is -2.31. The number of benzene rings is 4. The van der Waals surface area contributed by atoms with Gasteiger partial charge in [-0.2, -0.15) is 17.7 Å². The first-order valence-corrected chi connectivity index (χ1v) is 12.6. The minimum atomic E-state index is -6.09. The molecule has 0 spiro atoms. The number of aryl methyl sites for hydroxylation is 1. The molecule has 0 aliphatic carbocycles. The average Bonchev–Trinajstić information content (AvgIpc) is 2.89. The smallest absolute Gasteiger partial charge is 0.485 e. The topological polar surface area (TPSA) is 87.4 Å². The lowest BCUT2D eigenvalue weighted by molar-refractivity contribution is -0.617. The van der Waals surface area contributed by atoms with Crippen LogP contribution in [0.15, 0.2) is 103 Å². The highest BCUT2D eigenvalue weighted by molar-refractivity contribution is 7.86. The lowest BCUT2D eigenvalue weighted by atomic mass is 10.0. The number of hydrogen-bond donors (Lipinski definition) is 0. The Morgan fingerprint density at radius 2 is 1.16 bits per heavy atom. The Bertz CT molecular complexity index is 1660. The molecule has 0 fully saturated rings. The maximum absolute atomic E-state index is 13.3. The first-order valence-electron chi connectivity index (χ1n) is 11.2. The van der Waals surface area contributed by atoms with Crippen molar-refractivity contribution in [3.05, 3.63) is 109 Å². The highest BCUT2D eigenvalue weighted by Gasteiger charge is 2.37. The SMILES string of the molecule is C[n+]1c2ccccc2c(C(=O)Oc2ccc(-c3ccccc3)cc2)c2ccccc21.O=S(=O)([O-])C(F)(F)F. The van der Waals surface area contributed by atoms with Gasteiger partial charge in [0, 0.05) is 12.1 Å². The highest BCUT2D eigenvalue weighted by atomic mass is 32.2. The molecule has 38 heavy (non-hydrogen) atoms. The molecule has 0 N–H and O–H groups in total. The predicted molar refractivity (Wildman–Crippen MR) is 135 cm³/mol. The van der Waals surface area contributed by atoms with Crippen molar-refractivity contribution in [1.82, 2.24) is 0 Å². The molecular weight excluding hydrogens is 519 g/mol. The zero-order chi connectivity index (χ0) is 27.5. The number of nitrogens with zero attached hydrogens (tertiary/aromatic N) is 1. The summed E-state index contributed by atoms with van der Waals surface area (Å²) in [6, 6.07) is 33.6. The molecule has 0 amide bonds. The Balaban J connectivity index is 0.000000368. The molecule has 10 heteroatoms. The van der Waals surface area contributed by atoms with E-state index in [2.05, 4.69) is 16.7 Å². The molecule has 0 saturated carbocycles. The van der Waals surface area contributed by atoms with E-state index in [1.807, 2.05) is 98.0 Å². The summed E-state index contributed by atoms with van der Waals surface area (Å²) in [6.45, 7) is 0. The van der Waals surface area contributed by atoms with E-state index in [-0.39, 0.29) is 5.97 Å². The Morgan fingerprint density at radius 1 is 0.737 bits per heavy atom. The molecule has 0 bridgehead atoms. The van der Waals surface area contributed by atoms with E-state index in [0.717, 1.165) is 32.9 Å². The second-order valence-electron chi connectivity index (χ2n) is 8.15. The van der Waals surface area contributed by atoms with Crippen LogP contribution in [-0.4, -0.2) is 24.4 Å². The van der Waals surface area contributed by atoms with Gasteiger partial charge >= 0.3 is 11.5 Å². The molecule has 0 aliphatic heterocycles. The van der Waals surface area contributed by atoms with Crippen LogP contribution < -0.4 is 9.30 Å². The van der Waals surface area contributed by atoms with E-state index >= 15 is 0 Å². The van der Waals surface area contributed by atoms with Crippen LogP contribution in [0.5, 0.6) is 5.75 Å². The van der Waals surface area contributed by atoms with Gasteiger partial charge in [0.1, 0.15) is 12.8 Å². The number of carbonyl (C=O) groups is 1. The molecule has 0 aliphatic rings. The predicted octanol–water partition coefficient (Wildman–Crippen LogP) is 5.76. The molecule has 0 saturated heterocycles. The van der Waals surface area contributed by atoms with Crippen LogP contribution in [-0.2, 0) is 17.2 Å². The third-order valence-electron chi connectivity index (χ3n) is 5.73. The molecular formula is C28H20F3NO5S. The van der Waals surface area contributed by atoms with Crippen LogP contribution in [0.4, 0.5) is 13.2 Å². The summed E-state index contributed by atoms with van der Waals surface area (Å²) in [7, 11) is -4.07. The summed E-state index contributed by atoms with van der Waals surface area (Å²) in [6.07, 6.45) is 0. The third-order valence-corrected chi connectivity index (χ3v) is 6.30. The summed E-state index contributed by atoms with van der Waals surface area (Å²) >= 11 is 0. The molecule has 1 aromatic heterocycles. The summed E-state index contributed by atoms with van der Waals surface area (Å²) in [5.41, 5.74) is -0.870. The van der Waals surface area contributed by atoms with E-state index in [4.69, 9.17) is 17.7 Å². The van der Waals surface area contributed by atoms with Crippen LogP contribution in [0, 0.1) is 0 Å². The summed E-state index contributed by atoms with van der Waals surface area (Å²) < 4.78 is 66.8. The van der Waals surface area contributed by atoms with Gasteiger partial charge in [0.2, 0.25) is 11.0 Å². The molecule has 5 rings (SSSR count). The molecule has 6 nitrogen and oxygen atoms in total. The fourth-order valence-electron chi connectivity index (χ4n) is 3.95. The second kappa shape index (κ2) is 10.6. The van der Waals surface area contributed by atoms with Gasteiger partial charge in [0.05, 0.1) is 16.3 Å². The Hall–Kier alpha value is -4.28. The van der Waals surface area contributed by atoms with Gasteiger partial charge in [-0.3, -0.25) is 0 Å². The second-order valence-corrected chi connectivity index (χ2v) is 9.52. The number of fused-ring (bicyclic) bond motifs is 2. The number of alkyl halides is 3. The van der Waals surface area contributed by atoms with Crippen molar-refractivity contribution in [1.29, 1.82) is 0 Å². The van der Waals surface area contributed by atoms with Crippen molar-refractivity contribution in [2.45, 2.75) is 5.51 Å². The lowest BCUT2D eigenvalue weighted by Gasteiger charge is -2.10. The fraction of sp³-hybridized carbons (Fsp3) is 0.0714. The normalized spacial score (nSPS) is 11.6. The van der Waals surface area contributed by atoms with Crippen molar-refractivity contribution in [2.75, 3.05) is 0 Å². The van der Waals surface area contributed by atoms with E-state index in [9.17, 15) is 18.0 Å². The zero-order valence-corrected chi connectivity index (χ0v) is 20.7. The van der Waals surface area contributed by atoms with Crippen molar-refractivity contribution < 1.29 is 40.2 Å². The number of carbonyl (C=O) groups excluding carboxylic acids is 1. The van der Waals surface area contributed by atoms with E-state index < -0.39 is 15.6 Å². The molecule has 5 aromatic rings. The van der Waals surface area contributed by atoms with Crippen LogP contribution in [0.2, 0.25) is 0 Å². The van der Waals surface area contributed by atoms with Crippen LogP contribution in [0.25, 0.3) is 32.9 Å². The largest absolute Gasteiger partial charge is 0.741 e. The third kappa shape index (κ3) is 5.66. The van der Waals surface area contributed by atoms with Crippen molar-refractivity contribution >= 4 is 37.9 Å². The van der Waals surface area contributed by atoms with Gasteiger partial charge in [0.15, 0.2) is 10.1 Å². The Kier molecular flexibility index (Phi) is 7.47. The number of pyridine rings is 1. The van der Waals surface area contributed by atoms with Gasteiger partial charge in [-0.15, -0.1) is 0 Å². The fourth-order valence-corrected chi connectivity index (χ4v) is 3.95. The summed E-state index contributed by atoms with van der Waals surface area (Å²) in [5.74, 6) is 0.177. The average molecular weight is 540 g/mol. The molecule has 0 atom stereocenters. The van der Waals surface area contributed by atoms with Crippen molar-refractivity contribution in [2.24, 2.45) is 7.05 Å². The Morgan fingerprint density at radius 3 is 1.63 bits per heavy atom. The quantitative estimate of drug-likeness (QED) is 0.0727. The number of halogens is 3. The number of hydrogen-bond acceptors (Lipinski definition) is 5. The minimum Gasteiger partial charge on any atom is -0.741 e. The number of para-hydroxylation sites is 2. The maximum Gasteiger partial charge on any atom is 0.485 e. The molecule has 0 radical (unpaired) electrons. The molecule has 0 unspecified atom stereocenters. The molecule has 4 aromatic carbocycles. The first-order chi connectivity index (χ1) is 18.0. The van der Waals surface area contributed by atoms with E-state index in [0.29, 0.717) is 11.3 Å². The van der Waals surface area contributed by atoms with Gasteiger partial charge in [-0.1, -0.05) is 66.7 Å². The van der Waals surface area contributed by atoms with Gasteiger partial charge in [-0.25, -0.2) is 13.2 Å². The van der Waals surface area contributed by atoms with Crippen LogP contribution >= 0.6 is 0 Å². The monoisotopic (exact) mass is 539 g/mol. The van der Waals surface area contributed by atoms with Gasteiger partial charge in [-0.05, 0) is 35.4 Å². The first kappa shape index (κ1) is 26.8. The Labute approximate surface area is 216 Å². The number of esters is 1. The van der Waals surface area contributed by atoms with Crippen LogP contribution in [0.3, 0.4) is 0 Å². The number of aromatic nitrogens is 1. The van der Waals surface area contributed by atoms with Gasteiger partial charge < -0.3 is 9.29 Å². The highest BCUT2D eigenvalue weighted by Crippen LogP contribution is 2.27.